The number of unbranched alkanes of at least 4 members (excludes halogenated alkanes) is 2. The molecule has 0 N–H and O–H groups in total. The molecule has 0 aliphatic heterocycles. The Kier molecular flexibility index (Phi) is 8.87. The molecule has 2 aromatic carbocycles. The summed E-state index contributed by atoms with van der Waals surface area (Å²) < 4.78 is 18.4. The molecule has 1 fully saturated rings. The lowest BCUT2D eigenvalue weighted by Gasteiger charge is -2.34. The van der Waals surface area contributed by atoms with Crippen LogP contribution < -0.4 is 4.74 Å². The lowest BCUT2D eigenvalue weighted by atomic mass is 9.71. The Morgan fingerprint density at radius 1 is 1.06 bits per heavy atom. The van der Waals surface area contributed by atoms with Crippen LogP contribution in [0.2, 0.25) is 0 Å². The molecule has 2 nitrogen and oxygen atoms in total. The van der Waals surface area contributed by atoms with Crippen molar-refractivity contribution in [1.82, 2.24) is 0 Å². The normalized spacial score (nSPS) is 19.5. The number of hydrogen-bond donors (Lipinski definition) is 0. The second kappa shape index (κ2) is 11.8. The third-order valence-corrected chi connectivity index (χ3v) is 6.70. The first-order chi connectivity index (χ1) is 15.1. The Hall–Kier alpha value is -2.42. The van der Waals surface area contributed by atoms with E-state index in [1.165, 1.54) is 81.2 Å². The zero-order valence-corrected chi connectivity index (χ0v) is 18.7. The summed E-state index contributed by atoms with van der Waals surface area (Å²) in [4.78, 5) is 12.4. The summed E-state index contributed by atoms with van der Waals surface area (Å²) in [5.41, 5.74) is 1.78. The average Bonchev–Trinajstić information content (AvgIpc) is 2.80. The summed E-state index contributed by atoms with van der Waals surface area (Å²) >= 11 is 0. The lowest BCUT2D eigenvalue weighted by molar-refractivity contribution is 0.0734. The van der Waals surface area contributed by atoms with Crippen LogP contribution >= 0.6 is 0 Å². The van der Waals surface area contributed by atoms with Gasteiger partial charge in [0.1, 0.15) is 11.6 Å². The molecule has 0 amide bonds. The molecule has 1 aliphatic rings. The molecule has 0 heterocycles. The van der Waals surface area contributed by atoms with E-state index >= 15 is 0 Å². The highest BCUT2D eigenvalue weighted by atomic mass is 19.1. The molecule has 0 aromatic heterocycles. The van der Waals surface area contributed by atoms with Gasteiger partial charge in [0.2, 0.25) is 0 Å². The second-order valence-corrected chi connectivity index (χ2v) is 8.87. The van der Waals surface area contributed by atoms with E-state index in [2.05, 4.69) is 25.6 Å². The summed E-state index contributed by atoms with van der Waals surface area (Å²) in [6.07, 6.45) is 13.6. The number of esters is 1. The molecule has 3 rings (SSSR count). The van der Waals surface area contributed by atoms with Gasteiger partial charge >= 0.3 is 5.97 Å². The quantitative estimate of drug-likeness (QED) is 0.167. The first-order valence-electron chi connectivity index (χ1n) is 11.8. The molecule has 0 spiro atoms. The van der Waals surface area contributed by atoms with Gasteiger partial charge in [-0.25, -0.2) is 9.18 Å². The summed E-state index contributed by atoms with van der Waals surface area (Å²) in [7, 11) is 0. The molecule has 31 heavy (non-hydrogen) atoms. The van der Waals surface area contributed by atoms with Gasteiger partial charge in [-0.3, -0.25) is 0 Å². The fraction of sp³-hybridized carbons (Fsp3) is 0.464. The number of allylic oxidation sites excluding steroid dienone is 1. The van der Waals surface area contributed by atoms with E-state index in [0.29, 0.717) is 23.1 Å². The van der Waals surface area contributed by atoms with Crippen LogP contribution in [-0.2, 0) is 0 Å². The van der Waals surface area contributed by atoms with Crippen LogP contribution in [0.15, 0.2) is 61.2 Å². The minimum Gasteiger partial charge on any atom is -0.423 e. The molecule has 3 heteroatoms. The average molecular weight is 423 g/mol. The van der Waals surface area contributed by atoms with Gasteiger partial charge < -0.3 is 4.74 Å². The van der Waals surface area contributed by atoms with Gasteiger partial charge in [-0.15, -0.1) is 6.58 Å². The highest BCUT2D eigenvalue weighted by Crippen LogP contribution is 2.41. The lowest BCUT2D eigenvalue weighted by Crippen LogP contribution is -2.20. The van der Waals surface area contributed by atoms with Gasteiger partial charge in [-0.05, 0) is 79.0 Å². The zero-order valence-electron chi connectivity index (χ0n) is 18.7. The molecule has 2 aromatic rings. The van der Waals surface area contributed by atoms with Crippen molar-refractivity contribution in [3.05, 3.63) is 78.1 Å². The highest BCUT2D eigenvalue weighted by molar-refractivity contribution is 5.91. The number of ether oxygens (including phenoxy) is 1. The Morgan fingerprint density at radius 2 is 1.74 bits per heavy atom. The van der Waals surface area contributed by atoms with Crippen molar-refractivity contribution in [3.63, 3.8) is 0 Å². The van der Waals surface area contributed by atoms with E-state index in [1.807, 2.05) is 18.2 Å². The van der Waals surface area contributed by atoms with Gasteiger partial charge in [-0.1, -0.05) is 63.7 Å². The predicted octanol–water partition coefficient (Wildman–Crippen LogP) is 8.09. The van der Waals surface area contributed by atoms with E-state index in [4.69, 9.17) is 4.74 Å². The van der Waals surface area contributed by atoms with Crippen LogP contribution in [0.5, 0.6) is 5.75 Å². The molecular formula is C28H35FO2. The zero-order chi connectivity index (χ0) is 22.1. The number of hydrogen-bond acceptors (Lipinski definition) is 2. The molecule has 0 radical (unpaired) electrons. The maximum absolute atomic E-state index is 13.0. The maximum Gasteiger partial charge on any atom is 0.343 e. The van der Waals surface area contributed by atoms with Crippen molar-refractivity contribution in [1.29, 1.82) is 0 Å². The van der Waals surface area contributed by atoms with Crippen LogP contribution in [0.4, 0.5) is 4.39 Å². The molecule has 1 saturated carbocycles. The first-order valence-corrected chi connectivity index (χ1v) is 11.8. The van der Waals surface area contributed by atoms with Crippen molar-refractivity contribution in [2.75, 3.05) is 0 Å². The van der Waals surface area contributed by atoms with E-state index in [-0.39, 0.29) is 5.82 Å². The molecule has 1 atom stereocenters. The smallest absolute Gasteiger partial charge is 0.343 e. The molecule has 1 aliphatic carbocycles. The number of carbonyl (C=O) groups is 1. The Bertz CT molecular complexity index is 817. The number of benzene rings is 2. The topological polar surface area (TPSA) is 26.3 Å². The standard InChI is InChI=1S/C28H35FO2/c1-3-5-6-8-21-9-11-22(12-10-21)27(7-4-2)23-13-15-24(16-14-23)28(30)31-26-19-17-25(29)18-20-26/h4,13-22,27H,2-3,5-12H2,1H3. The molecular weight excluding hydrogens is 387 g/mol. The largest absolute Gasteiger partial charge is 0.423 e. The van der Waals surface area contributed by atoms with Crippen molar-refractivity contribution in [3.8, 4) is 5.75 Å². The Labute approximate surface area is 186 Å². The fourth-order valence-corrected chi connectivity index (χ4v) is 4.88. The van der Waals surface area contributed by atoms with Crippen molar-refractivity contribution in [2.24, 2.45) is 11.8 Å². The van der Waals surface area contributed by atoms with Crippen molar-refractivity contribution >= 4 is 5.97 Å². The number of rotatable bonds is 10. The van der Waals surface area contributed by atoms with Gasteiger partial charge in [-0.2, -0.15) is 0 Å². The fourth-order valence-electron chi connectivity index (χ4n) is 4.88. The minimum absolute atomic E-state index is 0.343. The Morgan fingerprint density at radius 3 is 2.35 bits per heavy atom. The van der Waals surface area contributed by atoms with E-state index in [0.717, 1.165) is 12.3 Å². The monoisotopic (exact) mass is 422 g/mol. The van der Waals surface area contributed by atoms with Gasteiger partial charge in [0.15, 0.2) is 0 Å². The van der Waals surface area contributed by atoms with Crippen LogP contribution in [0.1, 0.15) is 86.6 Å². The van der Waals surface area contributed by atoms with E-state index in [9.17, 15) is 9.18 Å². The predicted molar refractivity (Wildman–Crippen MR) is 125 cm³/mol. The van der Waals surface area contributed by atoms with Gasteiger partial charge in [0, 0.05) is 0 Å². The molecule has 0 saturated heterocycles. The third kappa shape index (κ3) is 6.78. The number of carbonyl (C=O) groups excluding carboxylic acids is 1. The third-order valence-electron chi connectivity index (χ3n) is 6.70. The van der Waals surface area contributed by atoms with Crippen LogP contribution in [0, 0.1) is 17.7 Å². The second-order valence-electron chi connectivity index (χ2n) is 8.87. The summed E-state index contributed by atoms with van der Waals surface area (Å²) in [5.74, 6) is 1.60. The van der Waals surface area contributed by atoms with Crippen LogP contribution in [0.3, 0.4) is 0 Å². The van der Waals surface area contributed by atoms with Crippen molar-refractivity contribution < 1.29 is 13.9 Å². The molecule has 1 unspecified atom stereocenters. The summed E-state index contributed by atoms with van der Waals surface area (Å²) in [5, 5.41) is 0. The van der Waals surface area contributed by atoms with Crippen LogP contribution in [0.25, 0.3) is 0 Å². The van der Waals surface area contributed by atoms with E-state index in [1.54, 1.807) is 0 Å². The number of halogens is 1. The van der Waals surface area contributed by atoms with Crippen molar-refractivity contribution in [2.45, 2.75) is 70.6 Å². The summed E-state index contributed by atoms with van der Waals surface area (Å²) in [6, 6.07) is 13.3. The van der Waals surface area contributed by atoms with Gasteiger partial charge in [0.05, 0.1) is 5.56 Å². The minimum atomic E-state index is -0.425. The first kappa shape index (κ1) is 23.2. The maximum atomic E-state index is 13.0. The molecule has 166 valence electrons. The highest BCUT2D eigenvalue weighted by Gasteiger charge is 2.28. The summed E-state index contributed by atoms with van der Waals surface area (Å²) in [6.45, 7) is 6.25. The van der Waals surface area contributed by atoms with Gasteiger partial charge in [0.25, 0.3) is 0 Å². The Balaban J connectivity index is 1.59. The molecule has 0 bridgehead atoms. The van der Waals surface area contributed by atoms with Crippen LogP contribution in [-0.4, -0.2) is 5.97 Å². The van der Waals surface area contributed by atoms with E-state index < -0.39 is 5.97 Å². The SMILES string of the molecule is C=CCC(c1ccc(C(=O)Oc2ccc(F)cc2)cc1)C1CCC(CCCCC)CC1.